The van der Waals surface area contributed by atoms with Gasteiger partial charge in [0.15, 0.2) is 0 Å². The quantitative estimate of drug-likeness (QED) is 0.405. The maximum Gasteiger partial charge on any atom is 0.343 e. The average Bonchev–Trinajstić information content (AvgIpc) is 1.99. The monoisotopic (exact) mass is 472 g/mol. The average molecular weight is 474 g/mol. The molecule has 0 atom stereocenters. The van der Waals surface area contributed by atoms with Crippen LogP contribution in [0.25, 0.3) is 0 Å². The highest BCUT2D eigenvalue weighted by atomic mass is 127. The molecule has 15 heavy (non-hydrogen) atoms. The molecule has 0 fully saturated rings. The molecule has 0 saturated heterocycles. The van der Waals surface area contributed by atoms with Gasteiger partial charge in [-0.15, -0.1) is 0 Å². The topological polar surface area (TPSA) is 88.5 Å². The second-order valence-corrected chi connectivity index (χ2v) is 7.87. The predicted octanol–water partition coefficient (Wildman–Crippen LogP) is 2.83. The molecule has 0 unspecified atom stereocenters. The maximum absolute atomic E-state index is 10.9. The molecule has 5 nitrogen and oxygen atoms in total. The molecule has 0 aliphatic rings. The summed E-state index contributed by atoms with van der Waals surface area (Å²) in [6, 6.07) is 2.43. The van der Waals surface area contributed by atoms with Gasteiger partial charge in [0, 0.05) is 8.95 Å². The predicted molar refractivity (Wildman–Crippen MR) is 65.7 cm³/mol. The molecule has 1 aromatic rings. The lowest BCUT2D eigenvalue weighted by Crippen LogP contribution is -2.02. The Morgan fingerprint density at radius 2 is 1.73 bits per heavy atom. The van der Waals surface area contributed by atoms with Crippen molar-refractivity contribution in [3.63, 3.8) is 0 Å². The summed E-state index contributed by atoms with van der Waals surface area (Å²) in [5, 5.41) is 0. The SMILES string of the molecule is O=I(=O)c1c(Br)cc(Br)cc1S(=O)(=O)O. The van der Waals surface area contributed by atoms with Crippen LogP contribution < -0.4 is 0 Å². The molecular weight excluding hydrogens is 471 g/mol. The van der Waals surface area contributed by atoms with Crippen molar-refractivity contribution in [1.82, 2.24) is 0 Å². The van der Waals surface area contributed by atoms with Crippen molar-refractivity contribution in [2.45, 2.75) is 4.90 Å². The van der Waals surface area contributed by atoms with Crippen LogP contribution in [0.3, 0.4) is 0 Å². The Labute approximate surface area is 109 Å². The molecule has 0 radical (unpaired) electrons. The number of benzene rings is 1. The second-order valence-electron chi connectivity index (χ2n) is 2.39. The molecule has 1 aromatic carbocycles. The van der Waals surface area contributed by atoms with Crippen molar-refractivity contribution in [2.75, 3.05) is 0 Å². The lowest BCUT2D eigenvalue weighted by Gasteiger charge is -2.03. The molecule has 0 saturated carbocycles. The van der Waals surface area contributed by atoms with Crippen LogP contribution in [0.5, 0.6) is 0 Å². The van der Waals surface area contributed by atoms with Crippen LogP contribution in [-0.2, 0) is 16.3 Å². The third-order valence-electron chi connectivity index (χ3n) is 1.39. The number of halogens is 3. The van der Waals surface area contributed by atoms with Crippen molar-refractivity contribution < 1.29 is 19.1 Å². The summed E-state index contributed by atoms with van der Waals surface area (Å²) in [4.78, 5) is -0.612. The minimum Gasteiger partial charge on any atom is -0.282 e. The smallest absolute Gasteiger partial charge is 0.282 e. The van der Waals surface area contributed by atoms with Crippen LogP contribution in [0.4, 0.5) is 0 Å². The molecule has 0 bridgehead atoms. The lowest BCUT2D eigenvalue weighted by molar-refractivity contribution is 0.482. The fraction of sp³-hybridized carbons (Fsp3) is 0. The van der Waals surface area contributed by atoms with E-state index >= 15 is 0 Å². The fourth-order valence-electron chi connectivity index (χ4n) is 0.870. The standard InChI is InChI=1S/C6H3Br2IO5S/c7-3-1-4(8)6(9(10)11)5(2-3)15(12,13)14/h1-2H,(H,12,13,14). The van der Waals surface area contributed by atoms with Crippen LogP contribution in [0.15, 0.2) is 26.0 Å². The molecule has 9 heteroatoms. The van der Waals surface area contributed by atoms with Gasteiger partial charge in [0.2, 0.25) is 0 Å². The van der Waals surface area contributed by atoms with Gasteiger partial charge in [-0.25, -0.2) is 6.14 Å². The van der Waals surface area contributed by atoms with Gasteiger partial charge in [-0.1, -0.05) is 15.9 Å². The molecule has 1 rings (SSSR count). The zero-order valence-corrected chi connectivity index (χ0v) is 12.9. The van der Waals surface area contributed by atoms with Gasteiger partial charge in [0.05, 0.1) is 0 Å². The van der Waals surface area contributed by atoms with Crippen molar-refractivity contribution in [1.29, 1.82) is 0 Å². The van der Waals surface area contributed by atoms with E-state index in [0.29, 0.717) is 4.47 Å². The highest BCUT2D eigenvalue weighted by molar-refractivity contribution is 14.2. The van der Waals surface area contributed by atoms with Crippen molar-refractivity contribution in [2.24, 2.45) is 0 Å². The zero-order chi connectivity index (χ0) is 11.8. The summed E-state index contributed by atoms with van der Waals surface area (Å²) in [5.74, 6) is 0. The Morgan fingerprint density at radius 1 is 1.20 bits per heavy atom. The summed E-state index contributed by atoms with van der Waals surface area (Å²) < 4.78 is 52.6. The third-order valence-corrected chi connectivity index (χ3v) is 6.50. The molecule has 84 valence electrons. The highest BCUT2D eigenvalue weighted by Gasteiger charge is 2.22. The highest BCUT2D eigenvalue weighted by Crippen LogP contribution is 2.35. The first-order chi connectivity index (χ1) is 6.73. The van der Waals surface area contributed by atoms with Gasteiger partial charge in [0.25, 0.3) is 10.1 Å². The molecule has 0 aliphatic heterocycles. The molecule has 0 amide bonds. The fourth-order valence-corrected chi connectivity index (χ4v) is 6.23. The van der Waals surface area contributed by atoms with Gasteiger partial charge in [0.1, 0.15) is 8.47 Å². The largest absolute Gasteiger partial charge is 0.343 e. The summed E-state index contributed by atoms with van der Waals surface area (Å²) in [5.41, 5.74) is 0. The van der Waals surface area contributed by atoms with E-state index in [0.717, 1.165) is 6.07 Å². The molecular formula is C6H3Br2IO5S. The normalized spacial score (nSPS) is 12.0. The van der Waals surface area contributed by atoms with Crippen LogP contribution >= 0.6 is 51.7 Å². The van der Waals surface area contributed by atoms with E-state index < -0.39 is 34.8 Å². The summed E-state index contributed by atoms with van der Waals surface area (Å²) in [6.07, 6.45) is 0. The van der Waals surface area contributed by atoms with Gasteiger partial charge < -0.3 is 0 Å². The Morgan fingerprint density at radius 3 is 2.13 bits per heavy atom. The second kappa shape index (κ2) is 4.73. The first-order valence-corrected chi connectivity index (χ1v) is 9.12. The Balaban J connectivity index is 3.78. The first-order valence-electron chi connectivity index (χ1n) is 3.25. The minimum atomic E-state index is -4.54. The summed E-state index contributed by atoms with van der Waals surface area (Å²) in [7, 11) is -4.54. The van der Waals surface area contributed by atoms with Gasteiger partial charge in [-0.2, -0.15) is 8.42 Å². The Kier molecular flexibility index (Phi) is 4.26. The maximum atomic E-state index is 10.9. The lowest BCUT2D eigenvalue weighted by atomic mass is 10.4. The number of rotatable bonds is 2. The van der Waals surface area contributed by atoms with Crippen LogP contribution in [0, 0.1) is 3.57 Å². The van der Waals surface area contributed by atoms with Gasteiger partial charge in [-0.3, -0.25) is 4.55 Å². The summed E-state index contributed by atoms with van der Waals surface area (Å²) >= 11 is 1.91. The minimum absolute atomic E-state index is 0.111. The van der Waals surface area contributed by atoms with E-state index in [-0.39, 0.29) is 8.04 Å². The summed E-state index contributed by atoms with van der Waals surface area (Å²) in [6.45, 7) is 0. The molecule has 0 spiro atoms. The van der Waals surface area contributed by atoms with Crippen LogP contribution in [0.1, 0.15) is 0 Å². The van der Waals surface area contributed by atoms with E-state index in [2.05, 4.69) is 31.9 Å². The van der Waals surface area contributed by atoms with Crippen molar-refractivity contribution in [3.8, 4) is 0 Å². The van der Waals surface area contributed by atoms with Crippen molar-refractivity contribution >= 4 is 61.8 Å². The Hall–Kier alpha value is 0.420. The molecule has 0 aliphatic carbocycles. The Bertz CT molecular complexity index is 569. The zero-order valence-electron chi connectivity index (χ0n) is 6.78. The van der Waals surface area contributed by atoms with E-state index in [1.165, 1.54) is 6.07 Å². The van der Waals surface area contributed by atoms with Crippen LogP contribution in [-0.4, -0.2) is 13.0 Å². The van der Waals surface area contributed by atoms with E-state index in [1.807, 2.05) is 0 Å². The van der Waals surface area contributed by atoms with E-state index in [1.54, 1.807) is 0 Å². The molecule has 1 N–H and O–H groups in total. The number of hydrogen-bond donors (Lipinski definition) is 1. The van der Waals surface area contributed by atoms with Crippen LogP contribution in [0.2, 0.25) is 0 Å². The number of hydrogen-bond acceptors (Lipinski definition) is 4. The van der Waals surface area contributed by atoms with E-state index in [4.69, 9.17) is 4.55 Å². The molecule has 0 heterocycles. The van der Waals surface area contributed by atoms with E-state index in [9.17, 15) is 14.6 Å². The third kappa shape index (κ3) is 3.19. The first kappa shape index (κ1) is 13.5. The van der Waals surface area contributed by atoms with Gasteiger partial charge >= 0.3 is 19.8 Å². The van der Waals surface area contributed by atoms with Gasteiger partial charge in [-0.05, 0) is 28.1 Å². The molecule has 0 aromatic heterocycles. The van der Waals surface area contributed by atoms with Crippen molar-refractivity contribution in [3.05, 3.63) is 24.6 Å².